The maximum Gasteiger partial charge on any atom is 0.248 e. The van der Waals surface area contributed by atoms with Gasteiger partial charge in [0.15, 0.2) is 5.82 Å². The van der Waals surface area contributed by atoms with Crippen molar-refractivity contribution in [2.75, 3.05) is 5.32 Å². The maximum atomic E-state index is 14.5. The Hall–Kier alpha value is -3.55. The first-order chi connectivity index (χ1) is 14.5. The molecule has 2 aromatic heterocycles. The summed E-state index contributed by atoms with van der Waals surface area (Å²) in [5.41, 5.74) is 7.49. The van der Waals surface area contributed by atoms with Crippen molar-refractivity contribution >= 4 is 11.9 Å². The van der Waals surface area contributed by atoms with Gasteiger partial charge in [0.25, 0.3) is 0 Å². The molecule has 1 fully saturated rings. The number of rotatable bonds is 5. The molecule has 0 spiro atoms. The third-order valence-electron chi connectivity index (χ3n) is 5.40. The highest BCUT2D eigenvalue weighted by atomic mass is 19.1. The molecule has 3 aromatic rings. The molecule has 1 aliphatic rings. The van der Waals surface area contributed by atoms with Gasteiger partial charge in [-0.25, -0.2) is 14.4 Å². The minimum atomic E-state index is -0.540. The van der Waals surface area contributed by atoms with E-state index in [2.05, 4.69) is 20.3 Å². The lowest BCUT2D eigenvalue weighted by atomic mass is 9.85. The van der Waals surface area contributed by atoms with Crippen molar-refractivity contribution in [3.05, 3.63) is 65.0 Å². The third-order valence-corrected chi connectivity index (χ3v) is 5.40. The van der Waals surface area contributed by atoms with Crippen molar-refractivity contribution in [1.29, 1.82) is 0 Å². The van der Waals surface area contributed by atoms with E-state index >= 15 is 0 Å². The van der Waals surface area contributed by atoms with Crippen LogP contribution < -0.4 is 16.6 Å². The fourth-order valence-corrected chi connectivity index (χ4v) is 3.87. The Balaban J connectivity index is 1.60. The normalized spacial score (nSPS) is 18.7. The highest BCUT2D eigenvalue weighted by Gasteiger charge is 2.26. The van der Waals surface area contributed by atoms with E-state index in [1.165, 1.54) is 6.07 Å². The van der Waals surface area contributed by atoms with E-state index in [-0.39, 0.29) is 29.1 Å². The summed E-state index contributed by atoms with van der Waals surface area (Å²) in [5, 5.41) is 3.21. The zero-order valence-corrected chi connectivity index (χ0v) is 16.3. The van der Waals surface area contributed by atoms with Crippen LogP contribution in [0.15, 0.2) is 53.6 Å². The molecule has 1 aromatic carbocycles. The molecule has 2 unspecified atom stereocenters. The van der Waals surface area contributed by atoms with Gasteiger partial charge in [0, 0.05) is 29.8 Å². The van der Waals surface area contributed by atoms with Crippen LogP contribution in [0.25, 0.3) is 22.4 Å². The van der Waals surface area contributed by atoms with Crippen LogP contribution in [0.3, 0.4) is 0 Å². The number of halogens is 1. The predicted molar refractivity (Wildman–Crippen MR) is 112 cm³/mol. The van der Waals surface area contributed by atoms with Crippen LogP contribution in [0.5, 0.6) is 0 Å². The van der Waals surface area contributed by atoms with Crippen molar-refractivity contribution < 1.29 is 9.18 Å². The number of nitrogens with zero attached hydrogens (tertiary/aromatic N) is 2. The lowest BCUT2D eigenvalue weighted by Gasteiger charge is -2.27. The van der Waals surface area contributed by atoms with E-state index in [0.717, 1.165) is 36.6 Å². The molecule has 1 aliphatic carbocycles. The van der Waals surface area contributed by atoms with E-state index < -0.39 is 5.82 Å². The first kappa shape index (κ1) is 19.8. The van der Waals surface area contributed by atoms with Gasteiger partial charge in [0.05, 0.1) is 6.20 Å². The SMILES string of the molecule is NC(=O)C1CCCC(Nc2ncc(F)c(-c3cccc(-c4cc[nH]c(=O)c4)c3)n2)C1. The van der Waals surface area contributed by atoms with Gasteiger partial charge in [-0.05, 0) is 42.5 Å². The predicted octanol–water partition coefficient (Wildman–Crippen LogP) is 3.09. The van der Waals surface area contributed by atoms with Crippen LogP contribution in [0.2, 0.25) is 0 Å². The van der Waals surface area contributed by atoms with Crippen molar-refractivity contribution in [3.8, 4) is 22.4 Å². The monoisotopic (exact) mass is 407 g/mol. The summed E-state index contributed by atoms with van der Waals surface area (Å²) < 4.78 is 14.5. The average Bonchev–Trinajstić information content (AvgIpc) is 2.75. The van der Waals surface area contributed by atoms with E-state index in [4.69, 9.17) is 5.73 Å². The molecule has 0 bridgehead atoms. The lowest BCUT2D eigenvalue weighted by Crippen LogP contribution is -2.34. The fraction of sp³-hybridized carbons (Fsp3) is 0.273. The van der Waals surface area contributed by atoms with Crippen LogP contribution in [0.1, 0.15) is 25.7 Å². The van der Waals surface area contributed by atoms with Gasteiger partial charge in [0.2, 0.25) is 17.4 Å². The van der Waals surface area contributed by atoms with E-state index in [1.54, 1.807) is 30.5 Å². The Labute approximate surface area is 172 Å². The number of amides is 1. The van der Waals surface area contributed by atoms with Crippen LogP contribution in [-0.2, 0) is 4.79 Å². The summed E-state index contributed by atoms with van der Waals surface area (Å²) in [6.45, 7) is 0. The molecule has 154 valence electrons. The summed E-state index contributed by atoms with van der Waals surface area (Å²) in [5.74, 6) is -0.689. The Kier molecular flexibility index (Phi) is 5.56. The lowest BCUT2D eigenvalue weighted by molar-refractivity contribution is -0.122. The number of nitrogens with one attached hydrogen (secondary N) is 2. The Bertz CT molecular complexity index is 1130. The smallest absolute Gasteiger partial charge is 0.248 e. The number of H-pyrrole nitrogens is 1. The Morgan fingerprint density at radius 2 is 1.97 bits per heavy atom. The summed E-state index contributed by atoms with van der Waals surface area (Å²) in [7, 11) is 0. The van der Waals surface area contributed by atoms with Crippen LogP contribution in [0.4, 0.5) is 10.3 Å². The molecule has 4 N–H and O–H groups in total. The molecular weight excluding hydrogens is 385 g/mol. The largest absolute Gasteiger partial charge is 0.369 e. The van der Waals surface area contributed by atoms with Gasteiger partial charge in [-0.3, -0.25) is 9.59 Å². The van der Waals surface area contributed by atoms with Gasteiger partial charge >= 0.3 is 0 Å². The molecule has 0 radical (unpaired) electrons. The van der Waals surface area contributed by atoms with E-state index in [0.29, 0.717) is 17.9 Å². The van der Waals surface area contributed by atoms with Gasteiger partial charge in [-0.2, -0.15) is 0 Å². The molecule has 7 nitrogen and oxygen atoms in total. The zero-order valence-electron chi connectivity index (χ0n) is 16.3. The second-order valence-corrected chi connectivity index (χ2v) is 7.52. The quantitative estimate of drug-likeness (QED) is 0.601. The molecular formula is C22H22FN5O2. The van der Waals surface area contributed by atoms with Gasteiger partial charge in [0.1, 0.15) is 5.69 Å². The Morgan fingerprint density at radius 3 is 2.77 bits per heavy atom. The van der Waals surface area contributed by atoms with Gasteiger partial charge < -0.3 is 16.0 Å². The maximum absolute atomic E-state index is 14.5. The number of aromatic amines is 1. The average molecular weight is 407 g/mol. The molecule has 0 aliphatic heterocycles. The number of anilines is 1. The number of hydrogen-bond acceptors (Lipinski definition) is 5. The molecule has 0 saturated heterocycles. The number of carbonyl (C=O) groups is 1. The number of pyridine rings is 1. The van der Waals surface area contributed by atoms with Crippen molar-refractivity contribution in [3.63, 3.8) is 0 Å². The minimum absolute atomic E-state index is 0.0111. The summed E-state index contributed by atoms with van der Waals surface area (Å²) in [6, 6.07) is 10.5. The summed E-state index contributed by atoms with van der Waals surface area (Å²) in [6.07, 6.45) is 5.87. The highest BCUT2D eigenvalue weighted by molar-refractivity contribution is 5.76. The zero-order chi connectivity index (χ0) is 21.1. The standard InChI is InChI=1S/C22H22FN5O2/c23-18-12-26-22(27-17-6-2-5-16(10-17)21(24)30)28-20(18)15-4-1-3-13(9-15)14-7-8-25-19(29)11-14/h1,3-4,7-9,11-12,16-17H,2,5-6,10H2,(H2,24,30)(H,25,29)(H,26,27,28). The Morgan fingerprint density at radius 1 is 1.17 bits per heavy atom. The summed E-state index contributed by atoms with van der Waals surface area (Å²) >= 11 is 0. The van der Waals surface area contributed by atoms with Crippen LogP contribution in [0, 0.1) is 11.7 Å². The molecule has 2 atom stereocenters. The van der Waals surface area contributed by atoms with Crippen LogP contribution in [-0.4, -0.2) is 26.9 Å². The van der Waals surface area contributed by atoms with Crippen molar-refractivity contribution in [2.45, 2.75) is 31.7 Å². The first-order valence-corrected chi connectivity index (χ1v) is 9.87. The molecule has 8 heteroatoms. The minimum Gasteiger partial charge on any atom is -0.369 e. The molecule has 30 heavy (non-hydrogen) atoms. The van der Waals surface area contributed by atoms with Crippen LogP contribution >= 0.6 is 0 Å². The second kappa shape index (κ2) is 8.44. The van der Waals surface area contributed by atoms with Gasteiger partial charge in [-0.15, -0.1) is 0 Å². The van der Waals surface area contributed by atoms with Gasteiger partial charge in [-0.1, -0.05) is 24.6 Å². The van der Waals surface area contributed by atoms with Crippen molar-refractivity contribution in [2.24, 2.45) is 11.7 Å². The topological polar surface area (TPSA) is 114 Å². The number of carbonyl (C=O) groups excluding carboxylic acids is 1. The fourth-order valence-electron chi connectivity index (χ4n) is 3.87. The molecule has 2 heterocycles. The number of benzene rings is 1. The first-order valence-electron chi connectivity index (χ1n) is 9.87. The number of nitrogens with two attached hydrogens (primary N) is 1. The second-order valence-electron chi connectivity index (χ2n) is 7.52. The molecule has 1 saturated carbocycles. The molecule has 4 rings (SSSR count). The summed E-state index contributed by atoms with van der Waals surface area (Å²) in [4.78, 5) is 34.1. The molecule has 1 amide bonds. The van der Waals surface area contributed by atoms with E-state index in [9.17, 15) is 14.0 Å². The number of hydrogen-bond donors (Lipinski definition) is 3. The highest BCUT2D eigenvalue weighted by Crippen LogP contribution is 2.29. The van der Waals surface area contributed by atoms with Crippen molar-refractivity contribution in [1.82, 2.24) is 15.0 Å². The third kappa shape index (κ3) is 4.37. The number of aromatic nitrogens is 3. The van der Waals surface area contributed by atoms with E-state index in [1.807, 2.05) is 6.07 Å². The number of primary amides is 1.